The summed E-state index contributed by atoms with van der Waals surface area (Å²) in [7, 11) is 2.85. The highest BCUT2D eigenvalue weighted by Gasteiger charge is 2.19. The first-order valence-electron chi connectivity index (χ1n) is 6.70. The number of esters is 2. The predicted molar refractivity (Wildman–Crippen MR) is 79.8 cm³/mol. The average Bonchev–Trinajstić information content (AvgIpc) is 2.50. The largest absolute Gasteiger partial charge is 0.497 e. The van der Waals surface area contributed by atoms with E-state index in [1.165, 1.54) is 26.2 Å². The van der Waals surface area contributed by atoms with E-state index in [-0.39, 0.29) is 0 Å². The quantitative estimate of drug-likeness (QED) is 0.567. The van der Waals surface area contributed by atoms with E-state index in [1.807, 2.05) is 0 Å². The lowest BCUT2D eigenvalue weighted by molar-refractivity contribution is -0.148. The molecule has 2 atom stereocenters. The molecule has 0 spiro atoms. The SMILES string of the molecule is COC(=O)/C=C/[C@@H](Oc1ccc(OC)cc1)[C@H](C)OC(C)=O. The lowest BCUT2D eigenvalue weighted by Gasteiger charge is -2.22. The molecule has 0 radical (unpaired) electrons. The van der Waals surface area contributed by atoms with Crippen molar-refractivity contribution in [2.75, 3.05) is 14.2 Å². The van der Waals surface area contributed by atoms with E-state index in [2.05, 4.69) is 4.74 Å². The predicted octanol–water partition coefficient (Wildman–Crippen LogP) is 2.12. The van der Waals surface area contributed by atoms with Gasteiger partial charge in [-0.05, 0) is 37.3 Å². The highest BCUT2D eigenvalue weighted by atomic mass is 16.6. The molecule has 22 heavy (non-hydrogen) atoms. The number of hydrogen-bond acceptors (Lipinski definition) is 6. The topological polar surface area (TPSA) is 71.1 Å². The molecule has 0 heterocycles. The van der Waals surface area contributed by atoms with Crippen LogP contribution in [0.1, 0.15) is 13.8 Å². The second-order valence-electron chi connectivity index (χ2n) is 4.45. The third-order valence-corrected chi connectivity index (χ3v) is 2.77. The van der Waals surface area contributed by atoms with Crippen molar-refractivity contribution < 1.29 is 28.5 Å². The molecule has 0 N–H and O–H groups in total. The molecule has 0 amide bonds. The second-order valence-corrected chi connectivity index (χ2v) is 4.45. The van der Waals surface area contributed by atoms with Gasteiger partial charge in [0.25, 0.3) is 0 Å². The number of carbonyl (C=O) groups is 2. The molecule has 6 nitrogen and oxygen atoms in total. The molecule has 0 bridgehead atoms. The van der Waals surface area contributed by atoms with Gasteiger partial charge >= 0.3 is 11.9 Å². The molecule has 6 heteroatoms. The standard InChI is InChI=1S/C16H20O6/c1-11(21-12(2)17)15(9-10-16(18)20-4)22-14-7-5-13(19-3)6-8-14/h5-11,15H,1-4H3/b10-9+/t11-,15+/m0/s1. The molecule has 0 fully saturated rings. The van der Waals surface area contributed by atoms with Gasteiger partial charge in [-0.25, -0.2) is 4.79 Å². The third kappa shape index (κ3) is 5.87. The van der Waals surface area contributed by atoms with E-state index < -0.39 is 24.1 Å². The fraction of sp³-hybridized carbons (Fsp3) is 0.375. The highest BCUT2D eigenvalue weighted by Crippen LogP contribution is 2.20. The van der Waals surface area contributed by atoms with Gasteiger partial charge in [-0.15, -0.1) is 0 Å². The van der Waals surface area contributed by atoms with Crippen LogP contribution in [0.3, 0.4) is 0 Å². The maximum absolute atomic E-state index is 11.2. The van der Waals surface area contributed by atoms with E-state index in [9.17, 15) is 9.59 Å². The molecular formula is C16H20O6. The average molecular weight is 308 g/mol. The maximum atomic E-state index is 11.2. The van der Waals surface area contributed by atoms with Crippen LogP contribution in [0.5, 0.6) is 11.5 Å². The van der Waals surface area contributed by atoms with Crippen molar-refractivity contribution in [2.24, 2.45) is 0 Å². The van der Waals surface area contributed by atoms with E-state index in [0.717, 1.165) is 0 Å². The molecule has 1 rings (SSSR count). The Morgan fingerprint density at radius 3 is 2.18 bits per heavy atom. The van der Waals surface area contributed by atoms with Gasteiger partial charge in [0.1, 0.15) is 17.6 Å². The molecular weight excluding hydrogens is 288 g/mol. The van der Waals surface area contributed by atoms with Crippen molar-refractivity contribution in [3.05, 3.63) is 36.4 Å². The summed E-state index contributed by atoms with van der Waals surface area (Å²) in [5.74, 6) is 0.307. The van der Waals surface area contributed by atoms with Gasteiger partial charge in [0.05, 0.1) is 14.2 Å². The summed E-state index contributed by atoms with van der Waals surface area (Å²) in [5.41, 5.74) is 0. The van der Waals surface area contributed by atoms with E-state index in [4.69, 9.17) is 14.2 Å². The third-order valence-electron chi connectivity index (χ3n) is 2.77. The van der Waals surface area contributed by atoms with Crippen LogP contribution >= 0.6 is 0 Å². The maximum Gasteiger partial charge on any atom is 0.330 e. The Morgan fingerprint density at radius 2 is 1.68 bits per heavy atom. The minimum Gasteiger partial charge on any atom is -0.497 e. The van der Waals surface area contributed by atoms with Gasteiger partial charge in [0.15, 0.2) is 6.10 Å². The van der Waals surface area contributed by atoms with Gasteiger partial charge in [-0.1, -0.05) is 0 Å². The first kappa shape index (κ1) is 17.6. The molecule has 120 valence electrons. The number of ether oxygens (including phenoxy) is 4. The van der Waals surface area contributed by atoms with Crippen molar-refractivity contribution in [3.8, 4) is 11.5 Å². The molecule has 0 aliphatic rings. The first-order chi connectivity index (χ1) is 10.5. The van der Waals surface area contributed by atoms with Crippen LogP contribution < -0.4 is 9.47 Å². The Bertz CT molecular complexity index is 520. The van der Waals surface area contributed by atoms with Crippen LogP contribution in [-0.4, -0.2) is 38.4 Å². The number of benzene rings is 1. The molecule has 0 aliphatic heterocycles. The monoisotopic (exact) mass is 308 g/mol. The Kier molecular flexibility index (Phi) is 6.95. The summed E-state index contributed by atoms with van der Waals surface area (Å²) in [4.78, 5) is 22.3. The number of rotatable bonds is 7. The van der Waals surface area contributed by atoms with Crippen LogP contribution in [0.25, 0.3) is 0 Å². The lowest BCUT2D eigenvalue weighted by Crippen LogP contribution is -2.31. The lowest BCUT2D eigenvalue weighted by atomic mass is 10.2. The van der Waals surface area contributed by atoms with Gasteiger partial charge in [0, 0.05) is 13.0 Å². The van der Waals surface area contributed by atoms with Crippen LogP contribution in [0.4, 0.5) is 0 Å². The fourth-order valence-electron chi connectivity index (χ4n) is 1.67. The van der Waals surface area contributed by atoms with Crippen molar-refractivity contribution in [2.45, 2.75) is 26.1 Å². The second kappa shape index (κ2) is 8.71. The minimum absolute atomic E-state index is 0.428. The summed E-state index contributed by atoms with van der Waals surface area (Å²) in [5, 5.41) is 0. The zero-order chi connectivity index (χ0) is 16.5. The summed E-state index contributed by atoms with van der Waals surface area (Å²) >= 11 is 0. The van der Waals surface area contributed by atoms with Crippen molar-refractivity contribution in [1.29, 1.82) is 0 Å². The smallest absolute Gasteiger partial charge is 0.330 e. The normalized spacial score (nSPS) is 13.3. The zero-order valence-electron chi connectivity index (χ0n) is 13.1. The molecule has 0 saturated heterocycles. The van der Waals surface area contributed by atoms with E-state index in [0.29, 0.717) is 11.5 Å². The summed E-state index contributed by atoms with van der Waals surface area (Å²) in [6.07, 6.45) is 1.52. The van der Waals surface area contributed by atoms with Crippen LogP contribution in [0, 0.1) is 0 Å². The van der Waals surface area contributed by atoms with Crippen LogP contribution in [0.15, 0.2) is 36.4 Å². The van der Waals surface area contributed by atoms with E-state index in [1.54, 1.807) is 38.3 Å². The number of carbonyl (C=O) groups excluding carboxylic acids is 2. The molecule has 0 unspecified atom stereocenters. The molecule has 1 aromatic rings. The molecule has 0 aromatic heterocycles. The van der Waals surface area contributed by atoms with Gasteiger partial charge in [-0.2, -0.15) is 0 Å². The summed E-state index contributed by atoms with van der Waals surface area (Å²) in [6, 6.07) is 6.93. The van der Waals surface area contributed by atoms with Crippen LogP contribution in [-0.2, 0) is 19.1 Å². The first-order valence-corrected chi connectivity index (χ1v) is 6.70. The van der Waals surface area contributed by atoms with Gasteiger partial charge in [-0.3, -0.25) is 4.79 Å². The zero-order valence-corrected chi connectivity index (χ0v) is 13.1. The Morgan fingerprint density at radius 1 is 1.09 bits per heavy atom. The van der Waals surface area contributed by atoms with Gasteiger partial charge in [0.2, 0.25) is 0 Å². The highest BCUT2D eigenvalue weighted by molar-refractivity contribution is 5.81. The molecule has 0 saturated carbocycles. The Balaban J connectivity index is 2.85. The Labute approximate surface area is 129 Å². The molecule has 1 aromatic carbocycles. The Hall–Kier alpha value is -2.50. The number of methoxy groups -OCH3 is 2. The summed E-state index contributed by atoms with van der Waals surface area (Å²) < 4.78 is 20.5. The van der Waals surface area contributed by atoms with Crippen molar-refractivity contribution in [3.63, 3.8) is 0 Å². The van der Waals surface area contributed by atoms with Crippen molar-refractivity contribution in [1.82, 2.24) is 0 Å². The van der Waals surface area contributed by atoms with E-state index >= 15 is 0 Å². The van der Waals surface area contributed by atoms with Gasteiger partial charge < -0.3 is 18.9 Å². The van der Waals surface area contributed by atoms with Crippen molar-refractivity contribution >= 4 is 11.9 Å². The summed E-state index contributed by atoms with van der Waals surface area (Å²) in [6.45, 7) is 2.99. The minimum atomic E-state index is -0.628. The number of hydrogen-bond donors (Lipinski definition) is 0. The van der Waals surface area contributed by atoms with Crippen LogP contribution in [0.2, 0.25) is 0 Å². The fourth-order valence-corrected chi connectivity index (χ4v) is 1.67. The molecule has 0 aliphatic carbocycles.